The van der Waals surface area contributed by atoms with Crippen molar-refractivity contribution in [3.63, 3.8) is 0 Å². The van der Waals surface area contributed by atoms with Gasteiger partial charge < -0.3 is 4.57 Å². The van der Waals surface area contributed by atoms with Crippen LogP contribution in [-0.4, -0.2) is 30.2 Å². The van der Waals surface area contributed by atoms with Gasteiger partial charge in [-0.1, -0.05) is 0 Å². The standard InChI is InChI=1S/C15H18ClN5/c1-11-9-18-20(10-11)7-8-21-13(3-5-16)19-14-12(2)4-6-17-15(14)21/h4,6,9-10H,3,5,7-8H2,1-2H3. The molecule has 0 unspecified atom stereocenters. The minimum Gasteiger partial charge on any atom is -0.311 e. The number of hydrogen-bond acceptors (Lipinski definition) is 3. The van der Waals surface area contributed by atoms with E-state index in [4.69, 9.17) is 16.6 Å². The van der Waals surface area contributed by atoms with Crippen LogP contribution in [0.1, 0.15) is 17.0 Å². The Hall–Kier alpha value is -1.88. The Morgan fingerprint density at radius 3 is 2.81 bits per heavy atom. The van der Waals surface area contributed by atoms with Crippen LogP contribution in [-0.2, 0) is 19.5 Å². The average molecular weight is 304 g/mol. The highest BCUT2D eigenvalue weighted by atomic mass is 35.5. The highest BCUT2D eigenvalue weighted by Gasteiger charge is 2.13. The molecule has 5 nitrogen and oxygen atoms in total. The van der Waals surface area contributed by atoms with E-state index in [1.807, 2.05) is 36.3 Å². The average Bonchev–Trinajstić information content (AvgIpc) is 3.02. The van der Waals surface area contributed by atoms with Gasteiger partial charge in [0, 0.05) is 31.2 Å². The zero-order valence-electron chi connectivity index (χ0n) is 12.3. The van der Waals surface area contributed by atoms with E-state index >= 15 is 0 Å². The van der Waals surface area contributed by atoms with Crippen LogP contribution in [0.5, 0.6) is 0 Å². The predicted molar refractivity (Wildman–Crippen MR) is 83.7 cm³/mol. The molecule has 21 heavy (non-hydrogen) atoms. The normalized spacial score (nSPS) is 11.4. The van der Waals surface area contributed by atoms with Crippen molar-refractivity contribution in [2.75, 3.05) is 5.88 Å². The Labute approximate surface area is 128 Å². The van der Waals surface area contributed by atoms with Gasteiger partial charge in [0.2, 0.25) is 0 Å². The molecule has 3 aromatic rings. The molecule has 0 atom stereocenters. The van der Waals surface area contributed by atoms with Gasteiger partial charge in [-0.05, 0) is 31.0 Å². The number of aryl methyl sites for hydroxylation is 5. The van der Waals surface area contributed by atoms with E-state index in [0.29, 0.717) is 5.88 Å². The summed E-state index contributed by atoms with van der Waals surface area (Å²) in [5.41, 5.74) is 4.21. The number of fused-ring (bicyclic) bond motifs is 1. The Bertz CT molecular complexity index is 759. The summed E-state index contributed by atoms with van der Waals surface area (Å²) < 4.78 is 4.10. The molecular formula is C15H18ClN5. The van der Waals surface area contributed by atoms with E-state index in [0.717, 1.165) is 42.1 Å². The SMILES string of the molecule is Cc1cnn(CCn2c(CCCl)nc3c(C)ccnc32)c1. The molecule has 0 aromatic carbocycles. The molecule has 0 spiro atoms. The van der Waals surface area contributed by atoms with Crippen molar-refractivity contribution in [3.05, 3.63) is 41.6 Å². The van der Waals surface area contributed by atoms with Gasteiger partial charge in [0.15, 0.2) is 5.65 Å². The van der Waals surface area contributed by atoms with Gasteiger partial charge in [-0.15, -0.1) is 11.6 Å². The smallest absolute Gasteiger partial charge is 0.160 e. The lowest BCUT2D eigenvalue weighted by molar-refractivity contribution is 0.528. The maximum Gasteiger partial charge on any atom is 0.160 e. The number of aromatic nitrogens is 5. The lowest BCUT2D eigenvalue weighted by Crippen LogP contribution is -2.11. The Kier molecular flexibility index (Phi) is 3.92. The van der Waals surface area contributed by atoms with Crippen LogP contribution in [0.4, 0.5) is 0 Å². The molecule has 0 N–H and O–H groups in total. The molecule has 0 aliphatic heterocycles. The first-order valence-electron chi connectivity index (χ1n) is 7.05. The lowest BCUT2D eigenvalue weighted by Gasteiger charge is -2.08. The summed E-state index contributed by atoms with van der Waals surface area (Å²) in [4.78, 5) is 9.20. The predicted octanol–water partition coefficient (Wildman–Crippen LogP) is 2.73. The molecule has 110 valence electrons. The molecule has 3 rings (SSSR count). The van der Waals surface area contributed by atoms with Crippen LogP contribution < -0.4 is 0 Å². The van der Waals surface area contributed by atoms with Gasteiger partial charge in [0.05, 0.1) is 12.7 Å². The summed E-state index contributed by atoms with van der Waals surface area (Å²) in [5, 5.41) is 4.32. The van der Waals surface area contributed by atoms with Crippen molar-refractivity contribution in [1.82, 2.24) is 24.3 Å². The first-order valence-corrected chi connectivity index (χ1v) is 7.58. The minimum absolute atomic E-state index is 0.559. The monoisotopic (exact) mass is 303 g/mol. The van der Waals surface area contributed by atoms with E-state index in [-0.39, 0.29) is 0 Å². The number of rotatable bonds is 5. The zero-order valence-corrected chi connectivity index (χ0v) is 13.0. The molecule has 0 radical (unpaired) electrons. The van der Waals surface area contributed by atoms with Crippen molar-refractivity contribution < 1.29 is 0 Å². The maximum atomic E-state index is 5.90. The van der Waals surface area contributed by atoms with Gasteiger partial charge in [-0.3, -0.25) is 4.68 Å². The summed E-state index contributed by atoms with van der Waals surface area (Å²) in [6, 6.07) is 1.99. The number of imidazole rings is 1. The van der Waals surface area contributed by atoms with Crippen molar-refractivity contribution in [2.24, 2.45) is 0 Å². The van der Waals surface area contributed by atoms with E-state index in [1.165, 1.54) is 5.56 Å². The fourth-order valence-electron chi connectivity index (χ4n) is 2.49. The van der Waals surface area contributed by atoms with Gasteiger partial charge in [0.25, 0.3) is 0 Å². The third kappa shape index (κ3) is 2.78. The van der Waals surface area contributed by atoms with Crippen molar-refractivity contribution in [3.8, 4) is 0 Å². The second kappa shape index (κ2) is 5.85. The summed E-state index contributed by atoms with van der Waals surface area (Å²) >= 11 is 5.90. The van der Waals surface area contributed by atoms with Crippen LogP contribution in [0.25, 0.3) is 11.2 Å². The molecule has 0 aliphatic rings. The van der Waals surface area contributed by atoms with Crippen molar-refractivity contribution in [1.29, 1.82) is 0 Å². The second-order valence-electron chi connectivity index (χ2n) is 5.20. The molecule has 3 aromatic heterocycles. The molecule has 0 fully saturated rings. The molecule has 6 heteroatoms. The van der Waals surface area contributed by atoms with E-state index in [2.05, 4.69) is 21.6 Å². The third-order valence-corrected chi connectivity index (χ3v) is 3.74. The van der Waals surface area contributed by atoms with Crippen LogP contribution in [0.15, 0.2) is 24.7 Å². The highest BCUT2D eigenvalue weighted by molar-refractivity contribution is 6.17. The fraction of sp³-hybridized carbons (Fsp3) is 0.400. The summed E-state index contributed by atoms with van der Waals surface area (Å²) in [6.07, 6.45) is 6.49. The van der Waals surface area contributed by atoms with Crippen molar-refractivity contribution in [2.45, 2.75) is 33.4 Å². The summed E-state index contributed by atoms with van der Waals surface area (Å²) in [6.45, 7) is 5.69. The molecule has 0 amide bonds. The highest BCUT2D eigenvalue weighted by Crippen LogP contribution is 2.18. The van der Waals surface area contributed by atoms with Crippen LogP contribution in [0.2, 0.25) is 0 Å². The molecule has 0 bridgehead atoms. The number of halogens is 1. The zero-order chi connectivity index (χ0) is 14.8. The molecular weight excluding hydrogens is 286 g/mol. The van der Waals surface area contributed by atoms with E-state index < -0.39 is 0 Å². The number of alkyl halides is 1. The second-order valence-corrected chi connectivity index (χ2v) is 5.58. The van der Waals surface area contributed by atoms with Crippen LogP contribution in [0.3, 0.4) is 0 Å². The van der Waals surface area contributed by atoms with Gasteiger partial charge in [0.1, 0.15) is 11.3 Å². The topological polar surface area (TPSA) is 48.5 Å². The summed E-state index contributed by atoms with van der Waals surface area (Å²) in [5.74, 6) is 1.55. The van der Waals surface area contributed by atoms with Crippen LogP contribution in [0, 0.1) is 13.8 Å². The van der Waals surface area contributed by atoms with Crippen molar-refractivity contribution >= 4 is 22.8 Å². The Morgan fingerprint density at radius 2 is 2.10 bits per heavy atom. The number of pyridine rings is 1. The lowest BCUT2D eigenvalue weighted by atomic mass is 10.3. The minimum atomic E-state index is 0.559. The van der Waals surface area contributed by atoms with Gasteiger partial charge in [-0.2, -0.15) is 5.10 Å². The molecule has 3 heterocycles. The number of hydrogen-bond donors (Lipinski definition) is 0. The van der Waals surface area contributed by atoms with E-state index in [1.54, 1.807) is 0 Å². The summed E-state index contributed by atoms with van der Waals surface area (Å²) in [7, 11) is 0. The van der Waals surface area contributed by atoms with E-state index in [9.17, 15) is 0 Å². The quantitative estimate of drug-likeness (QED) is 0.681. The first-order chi connectivity index (χ1) is 10.2. The number of nitrogens with zero attached hydrogens (tertiary/aromatic N) is 5. The van der Waals surface area contributed by atoms with Gasteiger partial charge >= 0.3 is 0 Å². The Morgan fingerprint density at radius 1 is 1.24 bits per heavy atom. The third-order valence-electron chi connectivity index (χ3n) is 3.55. The molecule has 0 aliphatic carbocycles. The molecule has 0 saturated heterocycles. The fourth-order valence-corrected chi connectivity index (χ4v) is 2.65. The molecule has 0 saturated carbocycles. The first kappa shape index (κ1) is 14.1. The van der Waals surface area contributed by atoms with Gasteiger partial charge in [-0.25, -0.2) is 9.97 Å². The maximum absolute atomic E-state index is 5.90. The largest absolute Gasteiger partial charge is 0.311 e. The van der Waals surface area contributed by atoms with Crippen LogP contribution >= 0.6 is 11.6 Å². The Balaban J connectivity index is 1.95.